The highest BCUT2D eigenvalue weighted by Gasteiger charge is 2.43. The second-order valence-corrected chi connectivity index (χ2v) is 12.1. The van der Waals surface area contributed by atoms with Crippen LogP contribution in [0.4, 0.5) is 5.69 Å². The molecule has 1 atom stereocenters. The number of hydrogen-bond acceptors (Lipinski definition) is 11. The number of nitrogens with one attached hydrogen (secondary N) is 1. The molecule has 1 aliphatic carbocycles. The molecule has 1 aliphatic heterocycles. The second-order valence-electron chi connectivity index (χ2n) is 12.1. The van der Waals surface area contributed by atoms with Crippen LogP contribution in [-0.4, -0.2) is 55.4 Å². The predicted molar refractivity (Wildman–Crippen MR) is 179 cm³/mol. The number of Topliss-reactive ketones (excluding diaryl/α,β-unsaturated/α-hetero) is 1. The Morgan fingerprint density at radius 2 is 1.92 bits per heavy atom. The number of ether oxygens (including phenoxy) is 1. The minimum absolute atomic E-state index is 0.0166. The third-order valence-corrected chi connectivity index (χ3v) is 9.07. The lowest BCUT2D eigenvalue weighted by molar-refractivity contribution is -0.383. The smallest absolute Gasteiger partial charge is 0.321 e. The fourth-order valence-corrected chi connectivity index (χ4v) is 6.42. The predicted octanol–water partition coefficient (Wildman–Crippen LogP) is 3.50. The Labute approximate surface area is 280 Å². The van der Waals surface area contributed by atoms with Gasteiger partial charge in [0, 0.05) is 36.1 Å². The van der Waals surface area contributed by atoms with Crippen molar-refractivity contribution in [2.24, 2.45) is 0 Å². The van der Waals surface area contributed by atoms with E-state index in [1.54, 1.807) is 25.1 Å². The molecular weight excluding hydrogens is 632 g/mol. The van der Waals surface area contributed by atoms with Gasteiger partial charge in [-0.25, -0.2) is 4.98 Å². The number of pyridine rings is 2. The van der Waals surface area contributed by atoms with Crippen LogP contribution in [0.2, 0.25) is 0 Å². The summed E-state index contributed by atoms with van der Waals surface area (Å²) in [6.07, 6.45) is 3.79. The molecule has 2 aliphatic rings. The quantitative estimate of drug-likeness (QED) is 0.0441. The van der Waals surface area contributed by atoms with Crippen LogP contribution in [-0.2, 0) is 39.5 Å². The van der Waals surface area contributed by atoms with Crippen LogP contribution < -0.4 is 15.6 Å². The minimum Gasteiger partial charge on any atom is -0.419 e. The van der Waals surface area contributed by atoms with Gasteiger partial charge in [0.25, 0.3) is 5.56 Å². The van der Waals surface area contributed by atoms with E-state index >= 15 is 0 Å². The first kappa shape index (κ1) is 33.5. The number of nitro benzene ring substituents is 1. The van der Waals surface area contributed by atoms with Crippen molar-refractivity contribution >= 4 is 40.2 Å². The highest BCUT2D eigenvalue weighted by atomic mass is 16.6. The van der Waals surface area contributed by atoms with E-state index in [0.29, 0.717) is 42.0 Å². The van der Waals surface area contributed by atoms with Crippen molar-refractivity contribution in [3.8, 4) is 17.1 Å². The Kier molecular flexibility index (Phi) is 9.32. The first-order chi connectivity index (χ1) is 23.5. The summed E-state index contributed by atoms with van der Waals surface area (Å²) in [4.78, 5) is 66.4. The number of nitro groups is 1. The molecule has 2 aromatic heterocycles. The molecule has 0 spiro atoms. The van der Waals surface area contributed by atoms with E-state index < -0.39 is 28.8 Å². The number of aliphatic hydroxyl groups is 2. The number of rotatable bonds is 12. The maximum Gasteiger partial charge on any atom is 0.321 e. The Morgan fingerprint density at radius 3 is 2.63 bits per heavy atom. The third-order valence-electron chi connectivity index (χ3n) is 9.07. The van der Waals surface area contributed by atoms with Crippen molar-refractivity contribution in [3.63, 3.8) is 0 Å². The monoisotopic (exact) mass is 666 g/mol. The lowest BCUT2D eigenvalue weighted by Crippen LogP contribution is -2.43. The summed E-state index contributed by atoms with van der Waals surface area (Å²) < 4.78 is 6.97. The zero-order valence-corrected chi connectivity index (χ0v) is 26.7. The molecule has 0 radical (unpaired) electrons. The maximum absolute atomic E-state index is 13.5. The Balaban J connectivity index is 1.14. The Morgan fingerprint density at radius 1 is 1.14 bits per heavy atom. The normalized spacial score (nSPS) is 16.4. The second kappa shape index (κ2) is 13.6. The van der Waals surface area contributed by atoms with E-state index in [9.17, 15) is 34.4 Å². The molecule has 0 saturated heterocycles. The SMILES string of the molecule is CC[C@@]1(O)C(=O)CCc2c1cc1n(c2=O)Cc2cc3c([N+](=O)[O-])c(OC(=O)CCCNCc4ccc(/C=C/C(=O)CO)cc4)ccc3nc2-1. The van der Waals surface area contributed by atoms with Crippen molar-refractivity contribution in [1.29, 1.82) is 0 Å². The molecule has 13 heteroatoms. The number of ketones is 2. The van der Waals surface area contributed by atoms with Gasteiger partial charge >= 0.3 is 11.7 Å². The van der Waals surface area contributed by atoms with Crippen LogP contribution in [0.15, 0.2) is 59.4 Å². The first-order valence-corrected chi connectivity index (χ1v) is 16.0. The van der Waals surface area contributed by atoms with Gasteiger partial charge in [-0.3, -0.25) is 29.3 Å². The van der Waals surface area contributed by atoms with Gasteiger partial charge in [-0.05, 0) is 67.3 Å². The number of hydrogen-bond donors (Lipinski definition) is 3. The number of esters is 1. The molecule has 0 saturated carbocycles. The molecule has 0 fully saturated rings. The van der Waals surface area contributed by atoms with Crippen LogP contribution in [0.5, 0.6) is 5.75 Å². The van der Waals surface area contributed by atoms with E-state index in [0.717, 1.165) is 11.1 Å². The fraction of sp³-hybridized carbons (Fsp3) is 0.306. The molecule has 0 amide bonds. The lowest BCUT2D eigenvalue weighted by Gasteiger charge is -2.32. The van der Waals surface area contributed by atoms with Gasteiger partial charge in [-0.15, -0.1) is 0 Å². The topological polar surface area (TPSA) is 191 Å². The zero-order chi connectivity index (χ0) is 34.9. The molecule has 49 heavy (non-hydrogen) atoms. The van der Waals surface area contributed by atoms with Crippen molar-refractivity contribution < 1.29 is 34.3 Å². The number of carbonyl (C=O) groups is 3. The number of aromatic nitrogens is 2. The Bertz CT molecular complexity index is 2100. The van der Waals surface area contributed by atoms with Crippen molar-refractivity contribution in [1.82, 2.24) is 14.9 Å². The number of benzene rings is 2. The first-order valence-electron chi connectivity index (χ1n) is 16.0. The summed E-state index contributed by atoms with van der Waals surface area (Å²) in [5.74, 6) is -1.55. The molecule has 0 unspecified atom stereocenters. The van der Waals surface area contributed by atoms with E-state index in [2.05, 4.69) is 10.3 Å². The average Bonchev–Trinajstić information content (AvgIpc) is 3.45. The molecular formula is C36H34N4O9. The summed E-state index contributed by atoms with van der Waals surface area (Å²) in [6.45, 7) is 2.29. The van der Waals surface area contributed by atoms with Gasteiger partial charge in [-0.2, -0.15) is 0 Å². The summed E-state index contributed by atoms with van der Waals surface area (Å²) in [7, 11) is 0. The van der Waals surface area contributed by atoms with Crippen LogP contribution in [0, 0.1) is 10.1 Å². The highest BCUT2D eigenvalue weighted by Crippen LogP contribution is 2.42. The van der Waals surface area contributed by atoms with Crippen LogP contribution >= 0.6 is 0 Å². The number of nitrogens with zero attached hydrogens (tertiary/aromatic N) is 3. The number of fused-ring (bicyclic) bond motifs is 5. The molecule has 0 bridgehead atoms. The molecule has 3 heterocycles. The van der Waals surface area contributed by atoms with E-state index in [4.69, 9.17) is 9.84 Å². The largest absolute Gasteiger partial charge is 0.419 e. The van der Waals surface area contributed by atoms with E-state index in [1.165, 1.54) is 22.8 Å². The van der Waals surface area contributed by atoms with E-state index in [1.807, 2.05) is 24.3 Å². The standard InChI is InChI=1S/C36H34N4O9/c1-2-36(46)27-17-29-33-23(19-39(29)35(45)25(27)11-14-31(36)43)16-26-28(38-33)12-13-30(34(26)40(47)48)49-32(44)4-3-15-37-18-22-7-5-21(6-8-22)9-10-24(42)20-41/h5-10,12-13,16-17,37,41,46H,2-4,11,14-15,18-20H2,1H3/b10-9+/t36-/m0/s1. The molecule has 4 aromatic rings. The average molecular weight is 667 g/mol. The molecule has 252 valence electrons. The van der Waals surface area contributed by atoms with Crippen LogP contribution in [0.1, 0.15) is 60.4 Å². The zero-order valence-electron chi connectivity index (χ0n) is 26.7. The van der Waals surface area contributed by atoms with Crippen molar-refractivity contribution in [2.45, 2.75) is 57.7 Å². The van der Waals surface area contributed by atoms with Gasteiger partial charge in [0.2, 0.25) is 5.75 Å². The van der Waals surface area contributed by atoms with Gasteiger partial charge in [0.05, 0.1) is 33.8 Å². The van der Waals surface area contributed by atoms with Crippen LogP contribution in [0.3, 0.4) is 0 Å². The van der Waals surface area contributed by atoms with Gasteiger partial charge in [-0.1, -0.05) is 37.3 Å². The van der Waals surface area contributed by atoms with Gasteiger partial charge in [0.1, 0.15) is 12.2 Å². The lowest BCUT2D eigenvalue weighted by atomic mass is 9.77. The number of aliphatic hydroxyl groups excluding tert-OH is 1. The highest BCUT2D eigenvalue weighted by molar-refractivity contribution is 5.96. The number of carbonyl (C=O) groups excluding carboxylic acids is 3. The van der Waals surface area contributed by atoms with E-state index in [-0.39, 0.29) is 71.6 Å². The van der Waals surface area contributed by atoms with Crippen LogP contribution in [0.25, 0.3) is 28.4 Å². The summed E-state index contributed by atoms with van der Waals surface area (Å²) >= 11 is 0. The van der Waals surface area contributed by atoms with Crippen molar-refractivity contribution in [2.75, 3.05) is 13.2 Å². The minimum atomic E-state index is -1.76. The molecule has 13 nitrogen and oxygen atoms in total. The maximum atomic E-state index is 13.5. The fourth-order valence-electron chi connectivity index (χ4n) is 6.42. The van der Waals surface area contributed by atoms with Gasteiger partial charge < -0.3 is 24.8 Å². The summed E-state index contributed by atoms with van der Waals surface area (Å²) in [5.41, 5.74) is 1.66. The summed E-state index contributed by atoms with van der Waals surface area (Å²) in [6, 6.07) is 13.5. The Hall–Kier alpha value is -5.37. The third kappa shape index (κ3) is 6.43. The molecule has 3 N–H and O–H groups in total. The molecule has 6 rings (SSSR count). The van der Waals surface area contributed by atoms with Gasteiger partial charge in [0.15, 0.2) is 11.6 Å². The van der Waals surface area contributed by atoms with Crippen molar-refractivity contribution in [3.05, 3.63) is 103 Å². The summed E-state index contributed by atoms with van der Waals surface area (Å²) in [5, 5.41) is 35.6. The molecule has 2 aromatic carbocycles.